The van der Waals surface area contributed by atoms with Gasteiger partial charge < -0.3 is 4.90 Å². The number of carbonyl (C=O) groups excluding carboxylic acids is 1. The highest BCUT2D eigenvalue weighted by Gasteiger charge is 2.16. The maximum atomic E-state index is 11.5. The van der Waals surface area contributed by atoms with Gasteiger partial charge in [-0.15, -0.1) is 0 Å². The van der Waals surface area contributed by atoms with Crippen LogP contribution in [0.15, 0.2) is 24.3 Å². The Morgan fingerprint density at radius 3 is 2.39 bits per heavy atom. The first kappa shape index (κ1) is 13.5. The molecule has 1 aliphatic rings. The average Bonchev–Trinajstić information content (AvgIpc) is 2.47. The van der Waals surface area contributed by atoms with Gasteiger partial charge >= 0.3 is 0 Å². The molecule has 0 N–H and O–H groups in total. The van der Waals surface area contributed by atoms with E-state index in [9.17, 15) is 4.79 Å². The van der Waals surface area contributed by atoms with E-state index in [1.165, 1.54) is 37.7 Å². The number of amides is 1. The van der Waals surface area contributed by atoms with E-state index in [4.69, 9.17) is 0 Å². The lowest BCUT2D eigenvalue weighted by molar-refractivity contribution is -0.115. The molecule has 2 rings (SSSR count). The molecule has 0 radical (unpaired) electrons. The van der Waals surface area contributed by atoms with E-state index < -0.39 is 0 Å². The molecule has 0 heterocycles. The molecule has 1 aromatic carbocycles. The fraction of sp³-hybridized carbons (Fsp3) is 0.533. The summed E-state index contributed by atoms with van der Waals surface area (Å²) < 4.78 is 0. The van der Waals surface area contributed by atoms with Crippen LogP contribution in [-0.2, 0) is 4.79 Å². The van der Waals surface area contributed by atoms with Crippen molar-refractivity contribution in [1.29, 1.82) is 0 Å². The third kappa shape index (κ3) is 3.08. The molecule has 0 unspecified atom stereocenters. The van der Waals surface area contributed by atoms with E-state index in [2.05, 4.69) is 24.8 Å². The quantitative estimate of drug-likeness (QED) is 0.826. The van der Waals surface area contributed by atoms with Gasteiger partial charge in [-0.3, -0.25) is 4.79 Å². The number of rotatable bonds is 3. The fourth-order valence-corrected chi connectivity index (χ4v) is 2.87. The third-order valence-electron chi connectivity index (χ3n) is 3.87. The Labute approximate surface area is 115 Å². The van der Waals surface area contributed by atoms with Crippen molar-refractivity contribution in [3.63, 3.8) is 0 Å². The summed E-state index contributed by atoms with van der Waals surface area (Å²) in [5.41, 5.74) is 2.37. The number of hydrogen-bond acceptors (Lipinski definition) is 2. The van der Waals surface area contributed by atoms with Crippen LogP contribution in [0.4, 0.5) is 5.69 Å². The molecular formula is C15H21NOS. The van der Waals surface area contributed by atoms with E-state index >= 15 is 0 Å². The highest BCUT2D eigenvalue weighted by atomic mass is 32.1. The highest BCUT2D eigenvalue weighted by Crippen LogP contribution is 2.33. The molecule has 0 aliphatic heterocycles. The number of hydrogen-bond donors (Lipinski definition) is 1. The molecule has 1 aromatic rings. The zero-order valence-electron chi connectivity index (χ0n) is 10.9. The van der Waals surface area contributed by atoms with Gasteiger partial charge in [0.1, 0.15) is 0 Å². The molecule has 0 aromatic heterocycles. The molecule has 3 heteroatoms. The van der Waals surface area contributed by atoms with Gasteiger partial charge in [-0.1, -0.05) is 31.4 Å². The largest absolute Gasteiger partial charge is 0.315 e. The van der Waals surface area contributed by atoms with E-state index in [0.29, 0.717) is 0 Å². The third-order valence-corrected chi connectivity index (χ3v) is 4.14. The van der Waals surface area contributed by atoms with Gasteiger partial charge in [-0.2, -0.15) is 12.6 Å². The monoisotopic (exact) mass is 263 g/mol. The molecule has 98 valence electrons. The molecule has 18 heavy (non-hydrogen) atoms. The van der Waals surface area contributed by atoms with Crippen molar-refractivity contribution in [2.45, 2.75) is 38.0 Å². The van der Waals surface area contributed by atoms with Crippen molar-refractivity contribution in [2.24, 2.45) is 0 Å². The molecule has 0 spiro atoms. The first-order valence-electron chi connectivity index (χ1n) is 6.69. The predicted molar refractivity (Wildman–Crippen MR) is 79.5 cm³/mol. The van der Waals surface area contributed by atoms with Crippen molar-refractivity contribution in [3.05, 3.63) is 29.8 Å². The first-order valence-corrected chi connectivity index (χ1v) is 7.33. The Morgan fingerprint density at radius 1 is 1.22 bits per heavy atom. The van der Waals surface area contributed by atoms with Crippen LogP contribution in [0.1, 0.15) is 43.6 Å². The number of nitrogens with zero attached hydrogens (tertiary/aromatic N) is 1. The predicted octanol–water partition coefficient (Wildman–Crippen LogP) is 3.63. The zero-order chi connectivity index (χ0) is 13.0. The molecular weight excluding hydrogens is 242 g/mol. The average molecular weight is 263 g/mol. The maximum absolute atomic E-state index is 11.5. The van der Waals surface area contributed by atoms with E-state index in [0.717, 1.165) is 11.6 Å². The van der Waals surface area contributed by atoms with Gasteiger partial charge in [-0.25, -0.2) is 0 Å². The second-order valence-electron chi connectivity index (χ2n) is 5.04. The Morgan fingerprint density at radius 2 is 1.83 bits per heavy atom. The lowest BCUT2D eigenvalue weighted by Crippen LogP contribution is -2.27. The lowest BCUT2D eigenvalue weighted by atomic mass is 9.84. The Balaban J connectivity index is 2.07. The minimum Gasteiger partial charge on any atom is -0.315 e. The molecule has 1 fully saturated rings. The molecule has 1 amide bonds. The minimum atomic E-state index is 0.0312. The summed E-state index contributed by atoms with van der Waals surface area (Å²) >= 11 is 4.02. The maximum Gasteiger partial charge on any atom is 0.236 e. The minimum absolute atomic E-state index is 0.0312. The number of anilines is 1. The van der Waals surface area contributed by atoms with E-state index in [1.807, 2.05) is 12.1 Å². The van der Waals surface area contributed by atoms with Gasteiger partial charge in [0.05, 0.1) is 5.75 Å². The smallest absolute Gasteiger partial charge is 0.236 e. The second kappa shape index (κ2) is 6.28. The zero-order valence-corrected chi connectivity index (χ0v) is 11.8. The lowest BCUT2D eigenvalue weighted by Gasteiger charge is -2.23. The van der Waals surface area contributed by atoms with Gasteiger partial charge in [-0.05, 0) is 36.5 Å². The van der Waals surface area contributed by atoms with Crippen LogP contribution in [0, 0.1) is 0 Å². The second-order valence-corrected chi connectivity index (χ2v) is 5.35. The number of carbonyl (C=O) groups is 1. The summed E-state index contributed by atoms with van der Waals surface area (Å²) in [5, 5.41) is 0. The Bertz CT molecular complexity index is 395. The van der Waals surface area contributed by atoms with Crippen LogP contribution < -0.4 is 4.90 Å². The Hall–Kier alpha value is -0.960. The van der Waals surface area contributed by atoms with Gasteiger partial charge in [0.15, 0.2) is 0 Å². The summed E-state index contributed by atoms with van der Waals surface area (Å²) in [7, 11) is 1.80. The topological polar surface area (TPSA) is 20.3 Å². The summed E-state index contributed by atoms with van der Waals surface area (Å²) in [6.07, 6.45) is 6.71. The standard InChI is InChI=1S/C15H21NOS/c1-16(15(17)11-18)14-9-7-13(8-10-14)12-5-3-2-4-6-12/h7-10,12,18H,2-6,11H2,1H3. The summed E-state index contributed by atoms with van der Waals surface area (Å²) in [6.45, 7) is 0. The van der Waals surface area contributed by atoms with Crippen LogP contribution in [-0.4, -0.2) is 18.7 Å². The molecule has 1 aliphatic carbocycles. The Kier molecular flexibility index (Phi) is 4.70. The van der Waals surface area contributed by atoms with Crippen LogP contribution in [0.2, 0.25) is 0 Å². The fourth-order valence-electron chi connectivity index (χ4n) is 2.66. The van der Waals surface area contributed by atoms with Crippen LogP contribution in [0.25, 0.3) is 0 Å². The first-order chi connectivity index (χ1) is 8.72. The van der Waals surface area contributed by atoms with Crippen LogP contribution in [0.3, 0.4) is 0 Å². The SMILES string of the molecule is CN(C(=O)CS)c1ccc(C2CCCCC2)cc1. The van der Waals surface area contributed by atoms with Crippen LogP contribution >= 0.6 is 12.6 Å². The van der Waals surface area contributed by atoms with Crippen molar-refractivity contribution >= 4 is 24.2 Å². The van der Waals surface area contributed by atoms with E-state index in [-0.39, 0.29) is 11.7 Å². The molecule has 0 saturated heterocycles. The molecule has 2 nitrogen and oxygen atoms in total. The normalized spacial score (nSPS) is 16.6. The van der Waals surface area contributed by atoms with Gasteiger partial charge in [0.2, 0.25) is 5.91 Å². The summed E-state index contributed by atoms with van der Waals surface area (Å²) in [6, 6.07) is 8.44. The van der Waals surface area contributed by atoms with Crippen molar-refractivity contribution in [3.8, 4) is 0 Å². The van der Waals surface area contributed by atoms with Crippen molar-refractivity contribution in [1.82, 2.24) is 0 Å². The highest BCUT2D eigenvalue weighted by molar-refractivity contribution is 7.81. The van der Waals surface area contributed by atoms with Crippen molar-refractivity contribution in [2.75, 3.05) is 17.7 Å². The van der Waals surface area contributed by atoms with Gasteiger partial charge in [0, 0.05) is 12.7 Å². The van der Waals surface area contributed by atoms with Crippen molar-refractivity contribution < 1.29 is 4.79 Å². The molecule has 0 bridgehead atoms. The number of thiol groups is 1. The number of benzene rings is 1. The summed E-state index contributed by atoms with van der Waals surface area (Å²) in [5.74, 6) is 1.00. The van der Waals surface area contributed by atoms with Gasteiger partial charge in [0.25, 0.3) is 0 Å². The van der Waals surface area contributed by atoms with E-state index in [1.54, 1.807) is 11.9 Å². The molecule has 0 atom stereocenters. The van der Waals surface area contributed by atoms with Crippen LogP contribution in [0.5, 0.6) is 0 Å². The molecule has 1 saturated carbocycles. The summed E-state index contributed by atoms with van der Waals surface area (Å²) in [4.78, 5) is 13.2.